The molecule has 2 N–H and O–H groups in total. The summed E-state index contributed by atoms with van der Waals surface area (Å²) in [5, 5.41) is 0. The molecule has 0 aliphatic carbocycles. The molecule has 31 heavy (non-hydrogen) atoms. The average Bonchev–Trinajstić information content (AvgIpc) is 2.58. The van der Waals surface area contributed by atoms with Gasteiger partial charge in [-0.1, -0.05) is 47.8 Å². The number of hydrogen-bond donors (Lipinski definition) is 1. The van der Waals surface area contributed by atoms with Crippen molar-refractivity contribution in [1.29, 1.82) is 0 Å². The summed E-state index contributed by atoms with van der Waals surface area (Å²) in [6.45, 7) is 7.99. The molecular weight excluding hydrogens is 610 g/mol. The minimum atomic E-state index is -1.29. The first-order valence-corrected chi connectivity index (χ1v) is 11.6. The SMILES string of the molecule is CC(C)(Br)C(=O)OCC(COCC(N)=O)(COC(=O)C(C)(C)Br)COC(=O)C(C)(C)Br. The number of amides is 1. The number of halogens is 3. The summed E-state index contributed by atoms with van der Waals surface area (Å²) in [6.07, 6.45) is 0. The molecule has 0 heterocycles. The smallest absolute Gasteiger partial charge is 0.322 e. The van der Waals surface area contributed by atoms with Crippen molar-refractivity contribution in [3.8, 4) is 0 Å². The second kappa shape index (κ2) is 11.9. The number of carbonyl (C=O) groups is 4. The zero-order chi connectivity index (χ0) is 24.7. The fraction of sp³-hybridized carbons (Fsp3) is 0.789. The zero-order valence-corrected chi connectivity index (χ0v) is 23.3. The highest BCUT2D eigenvalue weighted by atomic mass is 79.9. The van der Waals surface area contributed by atoms with Crippen LogP contribution in [0.15, 0.2) is 0 Å². The highest BCUT2D eigenvalue weighted by Crippen LogP contribution is 2.27. The van der Waals surface area contributed by atoms with Crippen LogP contribution in [0.5, 0.6) is 0 Å². The molecule has 0 fully saturated rings. The van der Waals surface area contributed by atoms with Gasteiger partial charge < -0.3 is 24.7 Å². The molecule has 0 atom stereocenters. The van der Waals surface area contributed by atoms with Gasteiger partial charge in [0.25, 0.3) is 0 Å². The van der Waals surface area contributed by atoms with E-state index in [0.717, 1.165) is 0 Å². The standard InChI is InChI=1S/C19H30Br3NO8/c1-16(2,20)13(25)29-9-19(8-28-7-12(23)24,10-30-14(26)17(3,4)21)11-31-15(27)18(5,6)22/h7-11H2,1-6H3,(H2,23,24). The number of primary amides is 1. The molecular formula is C19H30Br3NO8. The third kappa shape index (κ3) is 12.2. The van der Waals surface area contributed by atoms with Gasteiger partial charge in [0.05, 0.1) is 12.0 Å². The second-order valence-electron chi connectivity index (χ2n) is 8.60. The lowest BCUT2D eigenvalue weighted by atomic mass is 9.92. The number of carbonyl (C=O) groups excluding carboxylic acids is 4. The van der Waals surface area contributed by atoms with Crippen LogP contribution in [0.2, 0.25) is 0 Å². The summed E-state index contributed by atoms with van der Waals surface area (Å²) in [5.41, 5.74) is 3.83. The first kappa shape index (κ1) is 30.3. The maximum absolute atomic E-state index is 12.3. The summed E-state index contributed by atoms with van der Waals surface area (Å²) < 4.78 is 18.5. The van der Waals surface area contributed by atoms with Crippen molar-refractivity contribution in [2.45, 2.75) is 54.5 Å². The van der Waals surface area contributed by atoms with E-state index in [-0.39, 0.29) is 26.4 Å². The maximum Gasteiger partial charge on any atom is 0.322 e. The van der Waals surface area contributed by atoms with E-state index in [0.29, 0.717) is 0 Å². The van der Waals surface area contributed by atoms with E-state index >= 15 is 0 Å². The van der Waals surface area contributed by atoms with Gasteiger partial charge in [-0.15, -0.1) is 0 Å². The number of alkyl halides is 3. The molecule has 0 saturated heterocycles. The first-order chi connectivity index (χ1) is 13.8. The Labute approximate surface area is 207 Å². The van der Waals surface area contributed by atoms with E-state index in [9.17, 15) is 19.2 Å². The lowest BCUT2D eigenvalue weighted by Crippen LogP contribution is -2.46. The molecule has 180 valence electrons. The number of nitrogens with two attached hydrogens (primary N) is 1. The summed E-state index contributed by atoms with van der Waals surface area (Å²) in [6, 6.07) is 0. The zero-order valence-electron chi connectivity index (χ0n) is 18.5. The molecule has 0 aliphatic heterocycles. The maximum atomic E-state index is 12.3. The molecule has 0 aromatic carbocycles. The quantitative estimate of drug-likeness (QED) is 0.185. The Balaban J connectivity index is 5.75. The minimum Gasteiger partial charge on any atom is -0.464 e. The Bertz CT molecular complexity index is 588. The van der Waals surface area contributed by atoms with Crippen LogP contribution in [0.1, 0.15) is 41.5 Å². The third-order valence-corrected chi connectivity index (χ3v) is 4.61. The van der Waals surface area contributed by atoms with Crippen LogP contribution < -0.4 is 5.73 Å². The van der Waals surface area contributed by atoms with E-state index in [2.05, 4.69) is 47.8 Å². The Hall–Kier alpha value is -0.720. The number of hydrogen-bond acceptors (Lipinski definition) is 8. The molecule has 0 saturated carbocycles. The van der Waals surface area contributed by atoms with Crippen molar-refractivity contribution < 1.29 is 38.1 Å². The summed E-state index contributed by atoms with van der Waals surface area (Å²) in [7, 11) is 0. The molecule has 0 aromatic rings. The third-order valence-electron chi connectivity index (χ3n) is 3.64. The Morgan fingerprint density at radius 2 is 0.935 bits per heavy atom. The lowest BCUT2D eigenvalue weighted by Gasteiger charge is -2.33. The van der Waals surface area contributed by atoms with Gasteiger partial charge in [0.15, 0.2) is 0 Å². The largest absolute Gasteiger partial charge is 0.464 e. The molecule has 9 nitrogen and oxygen atoms in total. The van der Waals surface area contributed by atoms with Gasteiger partial charge in [-0.2, -0.15) is 0 Å². The van der Waals surface area contributed by atoms with E-state index in [4.69, 9.17) is 24.7 Å². The van der Waals surface area contributed by atoms with E-state index in [1.165, 1.54) is 0 Å². The molecule has 0 aromatic heterocycles. The van der Waals surface area contributed by atoms with Gasteiger partial charge in [0.1, 0.15) is 39.4 Å². The fourth-order valence-corrected chi connectivity index (χ4v) is 2.13. The van der Waals surface area contributed by atoms with Crippen LogP contribution in [0, 0.1) is 5.41 Å². The van der Waals surface area contributed by atoms with E-state index in [1.54, 1.807) is 41.5 Å². The van der Waals surface area contributed by atoms with Crippen LogP contribution >= 0.6 is 47.8 Å². The molecule has 0 radical (unpaired) electrons. The molecule has 0 unspecified atom stereocenters. The van der Waals surface area contributed by atoms with Gasteiger partial charge in [0.2, 0.25) is 5.91 Å². The van der Waals surface area contributed by atoms with E-state index < -0.39 is 48.8 Å². The van der Waals surface area contributed by atoms with Crippen LogP contribution in [0.25, 0.3) is 0 Å². The number of esters is 3. The van der Waals surface area contributed by atoms with E-state index in [1.807, 2.05) is 0 Å². The van der Waals surface area contributed by atoms with Gasteiger partial charge in [-0.3, -0.25) is 19.2 Å². The van der Waals surface area contributed by atoms with Crippen molar-refractivity contribution in [3.63, 3.8) is 0 Å². The van der Waals surface area contributed by atoms with Crippen LogP contribution in [-0.4, -0.2) is 69.8 Å². The summed E-state index contributed by atoms with van der Waals surface area (Å²) >= 11 is 9.63. The number of ether oxygens (including phenoxy) is 4. The molecule has 1 amide bonds. The van der Waals surface area contributed by atoms with Crippen molar-refractivity contribution in [2.75, 3.05) is 33.0 Å². The highest BCUT2D eigenvalue weighted by molar-refractivity contribution is 9.10. The van der Waals surface area contributed by atoms with Crippen molar-refractivity contribution in [3.05, 3.63) is 0 Å². The summed E-state index contributed by atoms with van der Waals surface area (Å²) in [4.78, 5) is 47.9. The van der Waals surface area contributed by atoms with Crippen LogP contribution in [0.4, 0.5) is 0 Å². The summed E-state index contributed by atoms with van der Waals surface area (Å²) in [5.74, 6) is -2.49. The molecule has 12 heteroatoms. The average molecular weight is 640 g/mol. The van der Waals surface area contributed by atoms with Gasteiger partial charge in [0, 0.05) is 0 Å². The normalized spacial score (nSPS) is 12.8. The Morgan fingerprint density at radius 1 is 0.645 bits per heavy atom. The minimum absolute atomic E-state index is 0.238. The lowest BCUT2D eigenvalue weighted by molar-refractivity contribution is -0.170. The van der Waals surface area contributed by atoms with Crippen molar-refractivity contribution in [1.82, 2.24) is 0 Å². The Kier molecular flexibility index (Phi) is 11.7. The second-order valence-corrected chi connectivity index (χ2v) is 14.6. The Morgan fingerprint density at radius 3 is 1.16 bits per heavy atom. The van der Waals surface area contributed by atoms with Crippen molar-refractivity contribution in [2.24, 2.45) is 11.1 Å². The monoisotopic (exact) mass is 637 g/mol. The molecule has 0 rings (SSSR count). The fourth-order valence-electron chi connectivity index (χ4n) is 1.79. The van der Waals surface area contributed by atoms with Gasteiger partial charge >= 0.3 is 17.9 Å². The van der Waals surface area contributed by atoms with Crippen LogP contribution in [0.3, 0.4) is 0 Å². The molecule has 0 spiro atoms. The number of rotatable bonds is 13. The van der Waals surface area contributed by atoms with Crippen molar-refractivity contribution >= 4 is 71.6 Å². The molecule has 0 aliphatic rings. The van der Waals surface area contributed by atoms with Gasteiger partial charge in [-0.25, -0.2) is 0 Å². The van der Waals surface area contributed by atoms with Gasteiger partial charge in [-0.05, 0) is 41.5 Å². The topological polar surface area (TPSA) is 131 Å². The first-order valence-electron chi connectivity index (χ1n) is 9.25. The molecule has 0 bridgehead atoms. The highest BCUT2D eigenvalue weighted by Gasteiger charge is 2.40. The predicted molar refractivity (Wildman–Crippen MR) is 124 cm³/mol. The predicted octanol–water partition coefficient (Wildman–Crippen LogP) is 2.62. The van der Waals surface area contributed by atoms with Crippen LogP contribution in [-0.2, 0) is 38.1 Å².